The zero-order valence-electron chi connectivity index (χ0n) is 14.1. The van der Waals surface area contributed by atoms with Crippen molar-refractivity contribution >= 4 is 16.8 Å². The molecular weight excluding hydrogens is 322 g/mol. The van der Waals surface area contributed by atoms with Gasteiger partial charge in [0.25, 0.3) is 5.56 Å². The number of hydrogen-bond acceptors (Lipinski definition) is 4. The van der Waals surface area contributed by atoms with E-state index < -0.39 is 5.69 Å². The first-order valence-corrected chi connectivity index (χ1v) is 8.08. The molecule has 1 atom stereocenters. The highest BCUT2D eigenvalue weighted by Gasteiger charge is 2.16. The van der Waals surface area contributed by atoms with E-state index in [9.17, 15) is 14.4 Å². The highest BCUT2D eigenvalue weighted by atomic mass is 16.3. The van der Waals surface area contributed by atoms with Crippen LogP contribution in [0.1, 0.15) is 25.6 Å². The van der Waals surface area contributed by atoms with Gasteiger partial charge in [-0.05, 0) is 38.1 Å². The lowest BCUT2D eigenvalue weighted by atomic mass is 10.2. The Kier molecular flexibility index (Phi) is 4.56. The smallest absolute Gasteiger partial charge is 0.331 e. The number of aromatic nitrogens is 2. The van der Waals surface area contributed by atoms with Crippen molar-refractivity contribution in [1.29, 1.82) is 0 Å². The second kappa shape index (κ2) is 6.80. The monoisotopic (exact) mass is 341 g/mol. The van der Waals surface area contributed by atoms with Gasteiger partial charge in [0.2, 0.25) is 5.91 Å². The van der Waals surface area contributed by atoms with Crippen LogP contribution in [0, 0.1) is 0 Å². The number of benzene rings is 1. The summed E-state index contributed by atoms with van der Waals surface area (Å²) in [6, 6.07) is 9.98. The van der Waals surface area contributed by atoms with Gasteiger partial charge >= 0.3 is 5.69 Å². The minimum Gasteiger partial charge on any atom is -0.467 e. The van der Waals surface area contributed by atoms with E-state index in [4.69, 9.17) is 4.42 Å². The number of hydrogen-bond donors (Lipinski definition) is 1. The average molecular weight is 341 g/mol. The number of nitrogens with zero attached hydrogens (tertiary/aromatic N) is 2. The summed E-state index contributed by atoms with van der Waals surface area (Å²) in [4.78, 5) is 37.4. The van der Waals surface area contributed by atoms with Gasteiger partial charge in [-0.2, -0.15) is 0 Å². The van der Waals surface area contributed by atoms with Crippen LogP contribution < -0.4 is 16.6 Å². The van der Waals surface area contributed by atoms with E-state index >= 15 is 0 Å². The minimum absolute atomic E-state index is 0.176. The maximum Gasteiger partial charge on any atom is 0.331 e. The molecule has 3 rings (SSSR count). The fraction of sp³-hybridized carbons (Fsp3) is 0.278. The Hall–Kier alpha value is -3.09. The first kappa shape index (κ1) is 16.8. The summed E-state index contributed by atoms with van der Waals surface area (Å²) in [7, 11) is 0. The molecule has 1 N–H and O–H groups in total. The van der Waals surface area contributed by atoms with Gasteiger partial charge in [0.05, 0.1) is 23.2 Å². The number of para-hydroxylation sites is 1. The molecule has 1 amide bonds. The molecule has 0 spiro atoms. The van der Waals surface area contributed by atoms with Crippen molar-refractivity contribution in [3.8, 4) is 0 Å². The Balaban J connectivity index is 1.97. The fourth-order valence-electron chi connectivity index (χ4n) is 2.84. The van der Waals surface area contributed by atoms with Crippen molar-refractivity contribution < 1.29 is 9.21 Å². The highest BCUT2D eigenvalue weighted by Crippen LogP contribution is 2.12. The molecule has 3 aromatic rings. The Morgan fingerprint density at radius 2 is 1.92 bits per heavy atom. The SMILES string of the molecule is CCn1c(=O)c2ccccc2n(CC(=O)N[C@H](C)c2ccco2)c1=O. The molecule has 0 saturated carbocycles. The lowest BCUT2D eigenvalue weighted by Gasteiger charge is -2.15. The maximum absolute atomic E-state index is 12.6. The molecule has 0 saturated heterocycles. The van der Waals surface area contributed by atoms with Crippen LogP contribution in [0.3, 0.4) is 0 Å². The van der Waals surface area contributed by atoms with Crippen molar-refractivity contribution in [3.05, 3.63) is 69.3 Å². The van der Waals surface area contributed by atoms with Gasteiger partial charge in [-0.15, -0.1) is 0 Å². The van der Waals surface area contributed by atoms with Gasteiger partial charge in [0.15, 0.2) is 0 Å². The van der Waals surface area contributed by atoms with E-state index in [0.717, 1.165) is 4.57 Å². The van der Waals surface area contributed by atoms with Crippen molar-refractivity contribution in [2.45, 2.75) is 33.0 Å². The Morgan fingerprint density at radius 3 is 2.60 bits per heavy atom. The molecule has 2 heterocycles. The quantitative estimate of drug-likeness (QED) is 0.764. The molecule has 130 valence electrons. The highest BCUT2D eigenvalue weighted by molar-refractivity contribution is 5.81. The molecule has 2 aromatic heterocycles. The van der Waals surface area contributed by atoms with Gasteiger partial charge in [-0.25, -0.2) is 4.79 Å². The van der Waals surface area contributed by atoms with Crippen molar-refractivity contribution in [2.24, 2.45) is 0 Å². The van der Waals surface area contributed by atoms with Crippen LogP contribution in [-0.2, 0) is 17.9 Å². The fourth-order valence-corrected chi connectivity index (χ4v) is 2.84. The van der Waals surface area contributed by atoms with Gasteiger partial charge in [0.1, 0.15) is 12.3 Å². The second-order valence-corrected chi connectivity index (χ2v) is 5.74. The van der Waals surface area contributed by atoms with E-state index in [1.54, 1.807) is 50.2 Å². The molecular formula is C18H19N3O4. The molecule has 25 heavy (non-hydrogen) atoms. The lowest BCUT2D eigenvalue weighted by Crippen LogP contribution is -2.42. The maximum atomic E-state index is 12.6. The Labute approximate surface area is 143 Å². The summed E-state index contributed by atoms with van der Waals surface area (Å²) in [5.41, 5.74) is -0.390. The third kappa shape index (κ3) is 3.13. The molecule has 1 aromatic carbocycles. The number of carbonyl (C=O) groups excluding carboxylic acids is 1. The average Bonchev–Trinajstić information content (AvgIpc) is 3.14. The lowest BCUT2D eigenvalue weighted by molar-refractivity contribution is -0.122. The standard InChI is InChI=1S/C18H19N3O4/c1-3-20-17(23)13-7-4-5-8-14(13)21(18(20)24)11-16(22)19-12(2)15-9-6-10-25-15/h4-10,12H,3,11H2,1-2H3,(H,19,22)/t12-/m1/s1. The topological polar surface area (TPSA) is 86.2 Å². The molecule has 0 bridgehead atoms. The Morgan fingerprint density at radius 1 is 1.16 bits per heavy atom. The molecule has 0 radical (unpaired) electrons. The first-order valence-electron chi connectivity index (χ1n) is 8.08. The zero-order chi connectivity index (χ0) is 18.0. The van der Waals surface area contributed by atoms with Crippen LogP contribution in [0.4, 0.5) is 0 Å². The summed E-state index contributed by atoms with van der Waals surface area (Å²) in [5.74, 6) is 0.293. The summed E-state index contributed by atoms with van der Waals surface area (Å²) < 4.78 is 7.72. The zero-order valence-corrected chi connectivity index (χ0v) is 14.1. The van der Waals surface area contributed by atoms with E-state index in [-0.39, 0.29) is 30.6 Å². The number of furan rings is 1. The van der Waals surface area contributed by atoms with E-state index in [1.807, 2.05) is 0 Å². The number of carbonyl (C=O) groups is 1. The van der Waals surface area contributed by atoms with Crippen LogP contribution in [0.25, 0.3) is 10.9 Å². The molecule has 7 nitrogen and oxygen atoms in total. The molecule has 0 unspecified atom stereocenters. The van der Waals surface area contributed by atoms with Crippen LogP contribution in [0.5, 0.6) is 0 Å². The van der Waals surface area contributed by atoms with E-state index in [0.29, 0.717) is 16.7 Å². The van der Waals surface area contributed by atoms with Crippen molar-refractivity contribution in [1.82, 2.24) is 14.5 Å². The normalized spacial score (nSPS) is 12.2. The van der Waals surface area contributed by atoms with Crippen LogP contribution >= 0.6 is 0 Å². The van der Waals surface area contributed by atoms with Crippen LogP contribution in [0.2, 0.25) is 0 Å². The summed E-state index contributed by atoms with van der Waals surface area (Å²) in [6.07, 6.45) is 1.53. The summed E-state index contributed by atoms with van der Waals surface area (Å²) >= 11 is 0. The second-order valence-electron chi connectivity index (χ2n) is 5.74. The summed E-state index contributed by atoms with van der Waals surface area (Å²) in [6.45, 7) is 3.59. The largest absolute Gasteiger partial charge is 0.467 e. The molecule has 0 aliphatic heterocycles. The molecule has 0 fully saturated rings. The van der Waals surface area contributed by atoms with E-state index in [1.165, 1.54) is 10.8 Å². The number of nitrogens with one attached hydrogen (secondary N) is 1. The Bertz CT molecular complexity index is 1010. The summed E-state index contributed by atoms with van der Waals surface area (Å²) in [5, 5.41) is 3.21. The molecule has 0 aliphatic carbocycles. The third-order valence-corrected chi connectivity index (χ3v) is 4.10. The number of amides is 1. The van der Waals surface area contributed by atoms with E-state index in [2.05, 4.69) is 5.32 Å². The van der Waals surface area contributed by atoms with Crippen molar-refractivity contribution in [3.63, 3.8) is 0 Å². The predicted octanol–water partition coefficient (Wildman–Crippen LogP) is 1.65. The van der Waals surface area contributed by atoms with Gasteiger partial charge in [-0.1, -0.05) is 12.1 Å². The van der Waals surface area contributed by atoms with Gasteiger partial charge in [-0.3, -0.25) is 18.7 Å². The molecule has 0 aliphatic rings. The molecule has 7 heteroatoms. The third-order valence-electron chi connectivity index (χ3n) is 4.10. The van der Waals surface area contributed by atoms with Crippen LogP contribution in [-0.4, -0.2) is 15.0 Å². The van der Waals surface area contributed by atoms with Crippen LogP contribution in [0.15, 0.2) is 56.7 Å². The number of rotatable bonds is 5. The minimum atomic E-state index is -0.494. The predicted molar refractivity (Wildman–Crippen MR) is 93.4 cm³/mol. The van der Waals surface area contributed by atoms with Gasteiger partial charge < -0.3 is 9.73 Å². The number of fused-ring (bicyclic) bond motifs is 1. The van der Waals surface area contributed by atoms with Gasteiger partial charge in [0, 0.05) is 6.54 Å². The van der Waals surface area contributed by atoms with Crippen molar-refractivity contribution in [2.75, 3.05) is 0 Å². The first-order chi connectivity index (χ1) is 12.0.